The van der Waals surface area contributed by atoms with Gasteiger partial charge in [-0.2, -0.15) is 5.26 Å². The molecule has 0 saturated heterocycles. The zero-order valence-electron chi connectivity index (χ0n) is 13.9. The molecule has 2 aromatic carbocycles. The Hall–Kier alpha value is -3.01. The van der Waals surface area contributed by atoms with Gasteiger partial charge in [-0.25, -0.2) is 0 Å². The van der Waals surface area contributed by atoms with Gasteiger partial charge in [0.1, 0.15) is 17.4 Å². The molecule has 8 heteroatoms. The van der Waals surface area contributed by atoms with Crippen molar-refractivity contribution in [3.8, 4) is 11.8 Å². The smallest absolute Gasteiger partial charge is 0.306 e. The SMILES string of the molecule is N#C/C(=C/c1cccc(OCCC(=O)O)c1)C(=O)Nc1cc(Cl)ccc1Cl. The molecule has 0 spiro atoms. The lowest BCUT2D eigenvalue weighted by atomic mass is 10.1. The van der Waals surface area contributed by atoms with Crippen LogP contribution in [-0.2, 0) is 9.59 Å². The van der Waals surface area contributed by atoms with E-state index in [1.807, 2.05) is 6.07 Å². The van der Waals surface area contributed by atoms with Gasteiger partial charge in [-0.15, -0.1) is 0 Å². The van der Waals surface area contributed by atoms with E-state index in [0.29, 0.717) is 27.0 Å². The molecule has 0 radical (unpaired) electrons. The number of amides is 1. The van der Waals surface area contributed by atoms with E-state index in [0.717, 1.165) is 0 Å². The molecule has 0 aliphatic rings. The van der Waals surface area contributed by atoms with E-state index in [4.69, 9.17) is 33.0 Å². The summed E-state index contributed by atoms with van der Waals surface area (Å²) in [6.07, 6.45) is 1.25. The monoisotopic (exact) mass is 404 g/mol. The van der Waals surface area contributed by atoms with E-state index in [-0.39, 0.29) is 18.6 Å². The summed E-state index contributed by atoms with van der Waals surface area (Å²) < 4.78 is 5.33. The van der Waals surface area contributed by atoms with Crippen LogP contribution in [0.25, 0.3) is 6.08 Å². The highest BCUT2D eigenvalue weighted by atomic mass is 35.5. The number of rotatable bonds is 7. The first kappa shape index (κ1) is 20.3. The Kier molecular flexibility index (Phi) is 7.24. The highest BCUT2D eigenvalue weighted by Gasteiger charge is 2.12. The number of carboxylic acids is 1. The Labute approximate surface area is 165 Å². The van der Waals surface area contributed by atoms with Gasteiger partial charge in [0, 0.05) is 5.02 Å². The number of halogens is 2. The molecule has 2 rings (SSSR count). The van der Waals surface area contributed by atoms with E-state index < -0.39 is 11.9 Å². The highest BCUT2D eigenvalue weighted by molar-refractivity contribution is 6.36. The number of carbonyl (C=O) groups is 2. The van der Waals surface area contributed by atoms with Gasteiger partial charge >= 0.3 is 5.97 Å². The number of anilines is 1. The van der Waals surface area contributed by atoms with Crippen molar-refractivity contribution in [3.63, 3.8) is 0 Å². The molecule has 0 saturated carbocycles. The van der Waals surface area contributed by atoms with Crippen LogP contribution in [0.5, 0.6) is 5.75 Å². The first-order chi connectivity index (χ1) is 12.9. The molecule has 0 heterocycles. The van der Waals surface area contributed by atoms with Crippen LogP contribution < -0.4 is 10.1 Å². The molecule has 1 amide bonds. The second-order valence-corrected chi connectivity index (χ2v) is 6.16. The molecule has 0 bridgehead atoms. The van der Waals surface area contributed by atoms with E-state index in [9.17, 15) is 14.9 Å². The maximum Gasteiger partial charge on any atom is 0.306 e. The predicted molar refractivity (Wildman–Crippen MR) is 103 cm³/mol. The summed E-state index contributed by atoms with van der Waals surface area (Å²) in [5, 5.41) is 21.1. The lowest BCUT2D eigenvalue weighted by Crippen LogP contribution is -2.13. The van der Waals surface area contributed by atoms with Crippen molar-refractivity contribution in [1.29, 1.82) is 5.26 Å². The van der Waals surface area contributed by atoms with Gasteiger partial charge in [-0.3, -0.25) is 9.59 Å². The average Bonchev–Trinajstić information content (AvgIpc) is 2.62. The third-order valence-corrected chi connectivity index (χ3v) is 3.86. The van der Waals surface area contributed by atoms with Crippen molar-refractivity contribution in [2.75, 3.05) is 11.9 Å². The third kappa shape index (κ3) is 6.33. The number of aliphatic carboxylic acids is 1. The molecule has 0 aromatic heterocycles. The first-order valence-corrected chi connectivity index (χ1v) is 8.47. The molecular formula is C19H14Cl2N2O4. The molecule has 2 N–H and O–H groups in total. The van der Waals surface area contributed by atoms with Crippen LogP contribution in [0.2, 0.25) is 10.0 Å². The largest absolute Gasteiger partial charge is 0.493 e. The Morgan fingerprint density at radius 1 is 1.22 bits per heavy atom. The predicted octanol–water partition coefficient (Wildman–Crippen LogP) is 4.39. The van der Waals surface area contributed by atoms with Crippen molar-refractivity contribution < 1.29 is 19.4 Å². The number of hydrogen-bond acceptors (Lipinski definition) is 4. The van der Waals surface area contributed by atoms with Crippen LogP contribution in [-0.4, -0.2) is 23.6 Å². The summed E-state index contributed by atoms with van der Waals surface area (Å²) in [6, 6.07) is 13.0. The molecule has 0 atom stereocenters. The third-order valence-electron chi connectivity index (χ3n) is 3.30. The van der Waals surface area contributed by atoms with Gasteiger partial charge in [0.25, 0.3) is 5.91 Å². The number of nitriles is 1. The lowest BCUT2D eigenvalue weighted by Gasteiger charge is -2.08. The number of benzene rings is 2. The molecule has 0 fully saturated rings. The van der Waals surface area contributed by atoms with Crippen molar-refractivity contribution in [2.24, 2.45) is 0 Å². The summed E-state index contributed by atoms with van der Waals surface area (Å²) in [5.74, 6) is -1.17. The normalized spacial score (nSPS) is 10.8. The zero-order chi connectivity index (χ0) is 19.8. The zero-order valence-corrected chi connectivity index (χ0v) is 15.4. The van der Waals surface area contributed by atoms with Crippen LogP contribution >= 0.6 is 23.2 Å². The van der Waals surface area contributed by atoms with Crippen LogP contribution in [0.15, 0.2) is 48.0 Å². The van der Waals surface area contributed by atoms with Crippen LogP contribution in [0, 0.1) is 11.3 Å². The summed E-state index contributed by atoms with van der Waals surface area (Å²) >= 11 is 11.9. The molecule has 2 aromatic rings. The lowest BCUT2D eigenvalue weighted by molar-refractivity contribution is -0.137. The second-order valence-electron chi connectivity index (χ2n) is 5.31. The molecule has 138 valence electrons. The fourth-order valence-corrected chi connectivity index (χ4v) is 2.39. The summed E-state index contributed by atoms with van der Waals surface area (Å²) in [4.78, 5) is 22.9. The fourth-order valence-electron chi connectivity index (χ4n) is 2.05. The number of ether oxygens (including phenoxy) is 1. The summed E-state index contributed by atoms with van der Waals surface area (Å²) in [6.45, 7) is 0.0152. The van der Waals surface area contributed by atoms with E-state index in [1.54, 1.807) is 30.3 Å². The van der Waals surface area contributed by atoms with E-state index in [2.05, 4.69) is 5.32 Å². The van der Waals surface area contributed by atoms with Crippen molar-refractivity contribution in [2.45, 2.75) is 6.42 Å². The quantitative estimate of drug-likeness (QED) is 0.526. The van der Waals surface area contributed by atoms with Gasteiger partial charge in [-0.1, -0.05) is 35.3 Å². The molecule has 6 nitrogen and oxygen atoms in total. The summed E-state index contributed by atoms with van der Waals surface area (Å²) in [7, 11) is 0. The minimum absolute atomic E-state index is 0.0152. The Balaban J connectivity index is 2.15. The number of nitrogens with one attached hydrogen (secondary N) is 1. The Bertz CT molecular complexity index is 936. The molecule has 0 aliphatic carbocycles. The van der Waals surface area contributed by atoms with Crippen molar-refractivity contribution >= 4 is 46.8 Å². The first-order valence-electron chi connectivity index (χ1n) is 7.72. The number of nitrogens with zero attached hydrogens (tertiary/aromatic N) is 1. The summed E-state index contributed by atoms with van der Waals surface area (Å²) in [5.41, 5.74) is 0.696. The maximum atomic E-state index is 12.3. The highest BCUT2D eigenvalue weighted by Crippen LogP contribution is 2.26. The van der Waals surface area contributed by atoms with Crippen LogP contribution in [0.4, 0.5) is 5.69 Å². The van der Waals surface area contributed by atoms with Crippen molar-refractivity contribution in [1.82, 2.24) is 0 Å². The van der Waals surface area contributed by atoms with Gasteiger partial charge < -0.3 is 15.2 Å². The standard InChI is InChI=1S/C19H14Cl2N2O4/c20-14-4-5-16(21)17(10-14)23-19(26)13(11-22)8-12-2-1-3-15(9-12)27-7-6-18(24)25/h1-5,8-10H,6-7H2,(H,23,26)(H,24,25)/b13-8-. The average molecular weight is 405 g/mol. The number of carbonyl (C=O) groups excluding carboxylic acids is 1. The Morgan fingerprint density at radius 3 is 2.70 bits per heavy atom. The Morgan fingerprint density at radius 2 is 2.00 bits per heavy atom. The molecule has 27 heavy (non-hydrogen) atoms. The molecular weight excluding hydrogens is 391 g/mol. The van der Waals surface area contributed by atoms with Gasteiger partial charge in [-0.05, 0) is 42.0 Å². The molecule has 0 aliphatic heterocycles. The fraction of sp³-hybridized carbons (Fsp3) is 0.105. The minimum Gasteiger partial charge on any atom is -0.493 e. The molecule has 0 unspecified atom stereocenters. The van der Waals surface area contributed by atoms with Gasteiger partial charge in [0.15, 0.2) is 0 Å². The van der Waals surface area contributed by atoms with Crippen LogP contribution in [0.3, 0.4) is 0 Å². The number of carboxylic acid groups (broad SMARTS) is 1. The van der Waals surface area contributed by atoms with Crippen molar-refractivity contribution in [3.05, 3.63) is 63.6 Å². The van der Waals surface area contributed by atoms with Gasteiger partial charge in [0.05, 0.1) is 23.7 Å². The topological polar surface area (TPSA) is 99.4 Å². The van der Waals surface area contributed by atoms with E-state index >= 15 is 0 Å². The minimum atomic E-state index is -0.964. The number of hydrogen-bond donors (Lipinski definition) is 2. The van der Waals surface area contributed by atoms with Gasteiger partial charge in [0.2, 0.25) is 0 Å². The van der Waals surface area contributed by atoms with E-state index in [1.165, 1.54) is 18.2 Å². The van der Waals surface area contributed by atoms with Crippen LogP contribution in [0.1, 0.15) is 12.0 Å². The second kappa shape index (κ2) is 9.62. The maximum absolute atomic E-state index is 12.3.